The van der Waals surface area contributed by atoms with Crippen LogP contribution in [0, 0.1) is 11.3 Å². The van der Waals surface area contributed by atoms with Crippen LogP contribution in [0.5, 0.6) is 0 Å². The maximum absolute atomic E-state index is 9.46. The Bertz CT molecular complexity index is 691. The Morgan fingerprint density at radius 3 is 2.95 bits per heavy atom. The molecule has 0 aliphatic carbocycles. The highest BCUT2D eigenvalue weighted by Gasteiger charge is 2.27. The number of aromatic nitrogens is 1. The van der Waals surface area contributed by atoms with E-state index in [4.69, 9.17) is 5.73 Å². The van der Waals surface area contributed by atoms with E-state index in [0.717, 1.165) is 36.2 Å². The second kappa shape index (κ2) is 5.68. The van der Waals surface area contributed by atoms with Gasteiger partial charge in [0, 0.05) is 37.8 Å². The molecule has 1 aromatic heterocycles. The summed E-state index contributed by atoms with van der Waals surface area (Å²) in [6.07, 6.45) is 1.67. The largest absolute Gasteiger partial charge is 0.363 e. The van der Waals surface area contributed by atoms with Gasteiger partial charge in [-0.25, -0.2) is 0 Å². The van der Waals surface area contributed by atoms with Gasteiger partial charge >= 0.3 is 0 Å². The van der Waals surface area contributed by atoms with E-state index in [1.807, 2.05) is 24.3 Å². The lowest BCUT2D eigenvalue weighted by molar-refractivity contribution is 0.270. The Balaban J connectivity index is 2.16. The summed E-state index contributed by atoms with van der Waals surface area (Å²) in [7, 11) is 2.11. The van der Waals surface area contributed by atoms with Crippen molar-refractivity contribution in [2.24, 2.45) is 5.73 Å². The molecule has 1 saturated heterocycles. The molecule has 2 aromatic rings. The zero-order valence-corrected chi connectivity index (χ0v) is 12.2. The van der Waals surface area contributed by atoms with Gasteiger partial charge < -0.3 is 15.5 Å². The monoisotopic (exact) mass is 281 g/mol. The highest BCUT2D eigenvalue weighted by Crippen LogP contribution is 2.31. The fourth-order valence-electron chi connectivity index (χ4n) is 3.02. The molecule has 2 heterocycles. The summed E-state index contributed by atoms with van der Waals surface area (Å²) < 4.78 is 0. The number of piperazine rings is 1. The summed E-state index contributed by atoms with van der Waals surface area (Å²) in [6, 6.07) is 10.5. The number of nitriles is 1. The van der Waals surface area contributed by atoms with Crippen molar-refractivity contribution in [3.05, 3.63) is 36.0 Å². The average Bonchev–Trinajstić information content (AvgIpc) is 2.53. The normalized spacial score (nSPS) is 19.7. The van der Waals surface area contributed by atoms with Crippen molar-refractivity contribution in [2.75, 3.05) is 38.1 Å². The van der Waals surface area contributed by atoms with Gasteiger partial charge in [-0.1, -0.05) is 18.2 Å². The molecule has 1 aliphatic heterocycles. The number of para-hydroxylation sites is 1. The summed E-state index contributed by atoms with van der Waals surface area (Å²) in [5.41, 5.74) is 8.48. The van der Waals surface area contributed by atoms with Crippen LogP contribution in [0.25, 0.3) is 10.9 Å². The van der Waals surface area contributed by atoms with E-state index < -0.39 is 0 Å². The zero-order chi connectivity index (χ0) is 14.8. The molecule has 2 N–H and O–H groups in total. The van der Waals surface area contributed by atoms with Crippen molar-refractivity contribution in [2.45, 2.75) is 6.04 Å². The Labute approximate surface area is 124 Å². The number of likely N-dealkylation sites (N-methyl/N-ethyl adjacent to an activating group) is 1. The third-order valence-corrected chi connectivity index (χ3v) is 4.11. The van der Waals surface area contributed by atoms with Gasteiger partial charge in [0.2, 0.25) is 0 Å². The van der Waals surface area contributed by atoms with Crippen molar-refractivity contribution >= 4 is 16.6 Å². The first-order valence-corrected chi connectivity index (χ1v) is 7.17. The van der Waals surface area contributed by atoms with Crippen molar-refractivity contribution in [1.29, 1.82) is 5.26 Å². The average molecular weight is 281 g/mol. The number of hydrogen-bond acceptors (Lipinski definition) is 5. The first kappa shape index (κ1) is 13.8. The van der Waals surface area contributed by atoms with Crippen LogP contribution in [0.4, 0.5) is 5.69 Å². The number of fused-ring (bicyclic) bond motifs is 1. The Kier molecular flexibility index (Phi) is 3.74. The molecule has 1 aromatic carbocycles. The van der Waals surface area contributed by atoms with Gasteiger partial charge in [0.25, 0.3) is 0 Å². The first-order valence-electron chi connectivity index (χ1n) is 7.17. The smallest absolute Gasteiger partial charge is 0.103 e. The molecule has 1 atom stereocenters. The minimum Gasteiger partial charge on any atom is -0.363 e. The predicted molar refractivity (Wildman–Crippen MR) is 84.1 cm³/mol. The number of pyridine rings is 1. The molecule has 1 aliphatic rings. The summed E-state index contributed by atoms with van der Waals surface area (Å²) in [5, 5.41) is 10.5. The van der Waals surface area contributed by atoms with E-state index in [-0.39, 0.29) is 6.04 Å². The van der Waals surface area contributed by atoms with Crippen LogP contribution in [-0.2, 0) is 0 Å². The molecule has 1 fully saturated rings. The van der Waals surface area contributed by atoms with Gasteiger partial charge in [-0.05, 0) is 13.1 Å². The number of benzene rings is 1. The predicted octanol–water partition coefficient (Wildman–Crippen LogP) is 1.19. The highest BCUT2D eigenvalue weighted by molar-refractivity contribution is 5.94. The maximum Gasteiger partial charge on any atom is 0.103 e. The van der Waals surface area contributed by atoms with E-state index in [9.17, 15) is 5.26 Å². The number of rotatable bonds is 2. The molecule has 0 radical (unpaired) electrons. The molecule has 0 saturated carbocycles. The summed E-state index contributed by atoms with van der Waals surface area (Å²) in [5.74, 6) is 0. The molecule has 21 heavy (non-hydrogen) atoms. The van der Waals surface area contributed by atoms with Gasteiger partial charge in [0.05, 0.1) is 22.8 Å². The van der Waals surface area contributed by atoms with Crippen LogP contribution < -0.4 is 10.6 Å². The van der Waals surface area contributed by atoms with Crippen molar-refractivity contribution in [3.63, 3.8) is 0 Å². The van der Waals surface area contributed by atoms with Crippen LogP contribution in [0.2, 0.25) is 0 Å². The molecule has 0 amide bonds. The van der Waals surface area contributed by atoms with Crippen LogP contribution in [0.1, 0.15) is 5.56 Å². The van der Waals surface area contributed by atoms with Crippen LogP contribution >= 0.6 is 0 Å². The Morgan fingerprint density at radius 1 is 1.38 bits per heavy atom. The second-order valence-electron chi connectivity index (χ2n) is 5.49. The fourth-order valence-corrected chi connectivity index (χ4v) is 3.02. The SMILES string of the molecule is CN1CCN(c2c(C#N)cnc3ccccc23)C(CN)C1. The lowest BCUT2D eigenvalue weighted by Crippen LogP contribution is -2.55. The Hall–Kier alpha value is -2.16. The number of nitrogens with two attached hydrogens (primary N) is 1. The van der Waals surface area contributed by atoms with Gasteiger partial charge in [0.15, 0.2) is 0 Å². The second-order valence-corrected chi connectivity index (χ2v) is 5.49. The zero-order valence-electron chi connectivity index (χ0n) is 12.2. The molecule has 5 nitrogen and oxygen atoms in total. The first-order chi connectivity index (χ1) is 10.2. The highest BCUT2D eigenvalue weighted by atomic mass is 15.3. The van der Waals surface area contributed by atoms with Crippen molar-refractivity contribution in [3.8, 4) is 6.07 Å². The van der Waals surface area contributed by atoms with Crippen molar-refractivity contribution in [1.82, 2.24) is 9.88 Å². The minimum absolute atomic E-state index is 0.224. The standard InChI is InChI=1S/C16H19N5/c1-20-6-7-21(13(9-18)11-20)16-12(8-17)10-19-15-5-3-2-4-14(15)16/h2-5,10,13H,6-7,9,11,18H2,1H3. The van der Waals surface area contributed by atoms with E-state index in [1.165, 1.54) is 0 Å². The lowest BCUT2D eigenvalue weighted by Gasteiger charge is -2.41. The molecule has 108 valence electrons. The van der Waals surface area contributed by atoms with Gasteiger partial charge in [0.1, 0.15) is 6.07 Å². The van der Waals surface area contributed by atoms with Gasteiger partial charge in [-0.3, -0.25) is 4.98 Å². The topological polar surface area (TPSA) is 69.2 Å². The molecule has 0 bridgehead atoms. The van der Waals surface area contributed by atoms with E-state index in [2.05, 4.69) is 27.9 Å². The number of hydrogen-bond donors (Lipinski definition) is 1. The molecular formula is C16H19N5. The third kappa shape index (κ3) is 2.44. The van der Waals surface area contributed by atoms with Crippen LogP contribution in [-0.4, -0.2) is 49.2 Å². The molecular weight excluding hydrogens is 262 g/mol. The maximum atomic E-state index is 9.46. The summed E-state index contributed by atoms with van der Waals surface area (Å²) >= 11 is 0. The number of nitrogens with zero attached hydrogens (tertiary/aromatic N) is 4. The van der Waals surface area contributed by atoms with Crippen LogP contribution in [0.15, 0.2) is 30.5 Å². The fraction of sp³-hybridized carbons (Fsp3) is 0.375. The summed E-state index contributed by atoms with van der Waals surface area (Å²) in [6.45, 7) is 3.34. The van der Waals surface area contributed by atoms with Gasteiger partial charge in [-0.15, -0.1) is 0 Å². The van der Waals surface area contributed by atoms with E-state index in [0.29, 0.717) is 12.1 Å². The molecule has 0 spiro atoms. The van der Waals surface area contributed by atoms with E-state index >= 15 is 0 Å². The van der Waals surface area contributed by atoms with Crippen LogP contribution in [0.3, 0.4) is 0 Å². The van der Waals surface area contributed by atoms with Gasteiger partial charge in [-0.2, -0.15) is 5.26 Å². The van der Waals surface area contributed by atoms with Crippen molar-refractivity contribution < 1.29 is 0 Å². The molecule has 1 unspecified atom stereocenters. The quantitative estimate of drug-likeness (QED) is 0.895. The van der Waals surface area contributed by atoms with E-state index in [1.54, 1.807) is 6.20 Å². The lowest BCUT2D eigenvalue weighted by atomic mass is 10.0. The third-order valence-electron chi connectivity index (χ3n) is 4.11. The molecule has 3 rings (SSSR count). The Morgan fingerprint density at radius 2 is 2.19 bits per heavy atom. The molecule has 5 heteroatoms. The summed E-state index contributed by atoms with van der Waals surface area (Å²) in [4.78, 5) is 8.94. The number of anilines is 1. The minimum atomic E-state index is 0.224.